The number of rotatable bonds is 8. The molecule has 0 atom stereocenters. The summed E-state index contributed by atoms with van der Waals surface area (Å²) in [4.78, 5) is 12.4. The topological polar surface area (TPSA) is 56.8 Å². The van der Waals surface area contributed by atoms with Crippen LogP contribution in [0.3, 0.4) is 0 Å². The van der Waals surface area contributed by atoms with E-state index in [1.54, 1.807) is 24.3 Å². The van der Waals surface area contributed by atoms with Crippen molar-refractivity contribution in [1.29, 1.82) is 0 Å². The molecule has 0 aliphatic carbocycles. The molecule has 0 saturated carbocycles. The standard InChI is InChI=1S/C28H25NO4/c1-20-16-21(2)18-25(17-20)32-24-14-12-22(13-15-24)31-19-28(30)29-26-10-6-7-11-27(26)33-23-8-4-3-5-9-23/h3-18H,19H2,1-2H3,(H,29,30). The van der Waals surface area contributed by atoms with E-state index in [9.17, 15) is 4.79 Å². The van der Waals surface area contributed by atoms with E-state index in [2.05, 4.69) is 11.4 Å². The minimum atomic E-state index is -0.283. The Morgan fingerprint density at radius 3 is 2.00 bits per heavy atom. The van der Waals surface area contributed by atoms with Gasteiger partial charge in [-0.05, 0) is 85.6 Å². The highest BCUT2D eigenvalue weighted by molar-refractivity contribution is 5.93. The van der Waals surface area contributed by atoms with E-state index in [0.717, 1.165) is 16.9 Å². The van der Waals surface area contributed by atoms with Gasteiger partial charge in [0.25, 0.3) is 5.91 Å². The summed E-state index contributed by atoms with van der Waals surface area (Å²) < 4.78 is 17.4. The molecule has 4 rings (SSSR count). The van der Waals surface area contributed by atoms with Gasteiger partial charge in [-0.2, -0.15) is 0 Å². The average molecular weight is 440 g/mol. The molecule has 0 spiro atoms. The summed E-state index contributed by atoms with van der Waals surface area (Å²) in [5, 5.41) is 2.84. The average Bonchev–Trinajstić information content (AvgIpc) is 2.80. The van der Waals surface area contributed by atoms with Crippen molar-refractivity contribution in [2.75, 3.05) is 11.9 Å². The van der Waals surface area contributed by atoms with Crippen LogP contribution in [0.15, 0.2) is 97.1 Å². The lowest BCUT2D eigenvalue weighted by Gasteiger charge is -2.13. The first-order chi connectivity index (χ1) is 16.0. The smallest absolute Gasteiger partial charge is 0.262 e. The van der Waals surface area contributed by atoms with Gasteiger partial charge in [-0.1, -0.05) is 36.4 Å². The number of anilines is 1. The number of aryl methyl sites for hydroxylation is 2. The van der Waals surface area contributed by atoms with Gasteiger partial charge >= 0.3 is 0 Å². The summed E-state index contributed by atoms with van der Waals surface area (Å²) in [5.41, 5.74) is 2.87. The van der Waals surface area contributed by atoms with Crippen LogP contribution in [0.4, 0.5) is 5.69 Å². The van der Waals surface area contributed by atoms with E-state index < -0.39 is 0 Å². The minimum absolute atomic E-state index is 0.128. The van der Waals surface area contributed by atoms with Gasteiger partial charge in [0.15, 0.2) is 12.4 Å². The molecule has 4 aromatic carbocycles. The Morgan fingerprint density at radius 2 is 1.27 bits per heavy atom. The molecule has 1 N–H and O–H groups in total. The van der Waals surface area contributed by atoms with Gasteiger partial charge in [-0.3, -0.25) is 4.79 Å². The van der Waals surface area contributed by atoms with Gasteiger partial charge in [-0.15, -0.1) is 0 Å². The maximum atomic E-state index is 12.4. The van der Waals surface area contributed by atoms with Gasteiger partial charge in [-0.25, -0.2) is 0 Å². The fraction of sp³-hybridized carbons (Fsp3) is 0.107. The third-order valence-electron chi connectivity index (χ3n) is 4.76. The van der Waals surface area contributed by atoms with E-state index in [0.29, 0.717) is 28.7 Å². The number of nitrogens with one attached hydrogen (secondary N) is 1. The number of para-hydroxylation sites is 3. The van der Waals surface area contributed by atoms with Crippen molar-refractivity contribution in [1.82, 2.24) is 0 Å². The van der Waals surface area contributed by atoms with Crippen molar-refractivity contribution in [3.8, 4) is 28.7 Å². The fourth-order valence-electron chi connectivity index (χ4n) is 3.34. The maximum absolute atomic E-state index is 12.4. The van der Waals surface area contributed by atoms with E-state index in [1.165, 1.54) is 0 Å². The lowest BCUT2D eigenvalue weighted by Crippen LogP contribution is -2.20. The van der Waals surface area contributed by atoms with Crippen LogP contribution >= 0.6 is 0 Å². The maximum Gasteiger partial charge on any atom is 0.262 e. The Bertz CT molecular complexity index is 1200. The second-order valence-electron chi connectivity index (χ2n) is 7.65. The Hall–Kier alpha value is -4.25. The molecule has 0 aliphatic rings. The predicted molar refractivity (Wildman–Crippen MR) is 130 cm³/mol. The van der Waals surface area contributed by atoms with E-state index in [4.69, 9.17) is 14.2 Å². The number of amides is 1. The first-order valence-corrected chi connectivity index (χ1v) is 10.7. The first kappa shape index (κ1) is 22.0. The van der Waals surface area contributed by atoms with Gasteiger partial charge < -0.3 is 19.5 Å². The van der Waals surface area contributed by atoms with Crippen LogP contribution in [0.1, 0.15) is 11.1 Å². The van der Waals surface area contributed by atoms with Crippen molar-refractivity contribution < 1.29 is 19.0 Å². The molecule has 0 bridgehead atoms. The number of carbonyl (C=O) groups excluding carboxylic acids is 1. The Balaban J connectivity index is 1.32. The normalized spacial score (nSPS) is 10.4. The molecule has 1 amide bonds. The second-order valence-corrected chi connectivity index (χ2v) is 7.65. The van der Waals surface area contributed by atoms with Crippen molar-refractivity contribution in [2.24, 2.45) is 0 Å². The quantitative estimate of drug-likeness (QED) is 0.324. The summed E-state index contributed by atoms with van der Waals surface area (Å²) in [6.45, 7) is 3.94. The van der Waals surface area contributed by atoms with Gasteiger partial charge in [0.1, 0.15) is 23.0 Å². The number of hydrogen-bond acceptors (Lipinski definition) is 4. The molecule has 5 heteroatoms. The summed E-state index contributed by atoms with van der Waals surface area (Å²) in [5.74, 6) is 3.03. The lowest BCUT2D eigenvalue weighted by atomic mass is 10.1. The van der Waals surface area contributed by atoms with Crippen molar-refractivity contribution in [2.45, 2.75) is 13.8 Å². The third-order valence-corrected chi connectivity index (χ3v) is 4.76. The van der Waals surface area contributed by atoms with Crippen molar-refractivity contribution in [3.05, 3.63) is 108 Å². The first-order valence-electron chi connectivity index (χ1n) is 10.7. The highest BCUT2D eigenvalue weighted by Gasteiger charge is 2.09. The summed E-state index contributed by atoms with van der Waals surface area (Å²) >= 11 is 0. The number of benzene rings is 4. The molecular weight excluding hydrogens is 414 g/mol. The van der Waals surface area contributed by atoms with Crippen LogP contribution in [0.2, 0.25) is 0 Å². The van der Waals surface area contributed by atoms with E-state index in [-0.39, 0.29) is 12.5 Å². The highest BCUT2D eigenvalue weighted by atomic mass is 16.5. The molecule has 5 nitrogen and oxygen atoms in total. The largest absolute Gasteiger partial charge is 0.484 e. The summed E-state index contributed by atoms with van der Waals surface area (Å²) in [6, 6.07) is 29.9. The van der Waals surface area contributed by atoms with Crippen LogP contribution in [0.5, 0.6) is 28.7 Å². The molecule has 0 heterocycles. The third kappa shape index (κ3) is 6.37. The second kappa shape index (κ2) is 10.4. The molecule has 0 aromatic heterocycles. The van der Waals surface area contributed by atoms with Crippen molar-refractivity contribution in [3.63, 3.8) is 0 Å². The molecular formula is C28H25NO4. The Labute approximate surface area is 193 Å². The van der Waals surface area contributed by atoms with Gasteiger partial charge in [0.2, 0.25) is 0 Å². The number of hydrogen-bond donors (Lipinski definition) is 1. The SMILES string of the molecule is Cc1cc(C)cc(Oc2ccc(OCC(=O)Nc3ccccc3Oc3ccccc3)cc2)c1. The van der Waals surface area contributed by atoms with Gasteiger partial charge in [0.05, 0.1) is 5.69 Å². The molecule has 0 saturated heterocycles. The van der Waals surface area contributed by atoms with Crippen LogP contribution in [0, 0.1) is 13.8 Å². The minimum Gasteiger partial charge on any atom is -0.484 e. The van der Waals surface area contributed by atoms with Crippen LogP contribution in [-0.4, -0.2) is 12.5 Å². The number of ether oxygens (including phenoxy) is 3. The van der Waals surface area contributed by atoms with Crippen LogP contribution in [-0.2, 0) is 4.79 Å². The summed E-state index contributed by atoms with van der Waals surface area (Å²) in [6.07, 6.45) is 0. The van der Waals surface area contributed by atoms with Crippen LogP contribution < -0.4 is 19.5 Å². The molecule has 33 heavy (non-hydrogen) atoms. The molecule has 166 valence electrons. The zero-order chi connectivity index (χ0) is 23.0. The fourth-order valence-corrected chi connectivity index (χ4v) is 3.34. The lowest BCUT2D eigenvalue weighted by molar-refractivity contribution is -0.118. The van der Waals surface area contributed by atoms with E-state index in [1.807, 2.05) is 80.6 Å². The van der Waals surface area contributed by atoms with Gasteiger partial charge in [0, 0.05) is 0 Å². The monoisotopic (exact) mass is 439 g/mol. The molecule has 0 unspecified atom stereocenters. The van der Waals surface area contributed by atoms with Crippen molar-refractivity contribution >= 4 is 11.6 Å². The Morgan fingerprint density at radius 1 is 0.667 bits per heavy atom. The molecule has 0 radical (unpaired) electrons. The predicted octanol–water partition coefficient (Wildman–Crippen LogP) is 6.91. The summed E-state index contributed by atoms with van der Waals surface area (Å²) in [7, 11) is 0. The zero-order valence-corrected chi connectivity index (χ0v) is 18.6. The van der Waals surface area contributed by atoms with E-state index >= 15 is 0 Å². The van der Waals surface area contributed by atoms with Crippen LogP contribution in [0.25, 0.3) is 0 Å². The molecule has 0 aliphatic heterocycles. The number of carbonyl (C=O) groups is 1. The highest BCUT2D eigenvalue weighted by Crippen LogP contribution is 2.29. The molecule has 4 aromatic rings. The molecule has 0 fully saturated rings. The zero-order valence-electron chi connectivity index (χ0n) is 18.6. The Kier molecular flexibility index (Phi) is 6.90.